The number of carbonyl (C=O) groups excluding carboxylic acids is 4. The van der Waals surface area contributed by atoms with Crippen molar-refractivity contribution in [3.05, 3.63) is 102 Å². The number of H-pyrrole nitrogens is 2. The Kier molecular flexibility index (Phi) is 10.6. The maximum absolute atomic E-state index is 14.0. The predicted molar refractivity (Wildman–Crippen MR) is 227 cm³/mol. The lowest BCUT2D eigenvalue weighted by molar-refractivity contribution is -0.144. The number of ether oxygens (including phenoxy) is 2. The Balaban J connectivity index is 0.897. The molecule has 0 aliphatic carbocycles. The van der Waals surface area contributed by atoms with Gasteiger partial charge < -0.3 is 34.6 Å². The number of alkyl carbamates (subject to hydrolysis) is 1. The molecule has 0 unspecified atom stereocenters. The molecule has 312 valence electrons. The number of likely N-dealkylation sites (tertiary alicyclic amines) is 1. The number of hydrogen-bond donors (Lipinski definition) is 3. The summed E-state index contributed by atoms with van der Waals surface area (Å²) in [7, 11) is 2.64. The minimum absolute atomic E-state index is 0.0494. The molecule has 1 fully saturated rings. The van der Waals surface area contributed by atoms with Crippen molar-refractivity contribution >= 4 is 40.6 Å². The van der Waals surface area contributed by atoms with Crippen LogP contribution in [0.4, 0.5) is 10.5 Å². The van der Waals surface area contributed by atoms with E-state index in [1.54, 1.807) is 23.5 Å². The summed E-state index contributed by atoms with van der Waals surface area (Å²) in [6.45, 7) is 4.38. The number of aromatic nitrogens is 6. The second-order valence-electron chi connectivity index (χ2n) is 16.3. The quantitative estimate of drug-likeness (QED) is 0.123. The molecule has 3 aliphatic heterocycles. The van der Waals surface area contributed by atoms with Gasteiger partial charge in [0.05, 0.1) is 85.1 Å². The van der Waals surface area contributed by atoms with E-state index in [0.29, 0.717) is 37.5 Å². The first-order chi connectivity index (χ1) is 29.6. The van der Waals surface area contributed by atoms with E-state index in [2.05, 4.69) is 32.4 Å². The summed E-state index contributed by atoms with van der Waals surface area (Å²) in [4.78, 5) is 81.6. The zero-order chi connectivity index (χ0) is 42.4. The number of aryl methyl sites for hydroxylation is 1. The molecule has 0 radical (unpaired) electrons. The number of amides is 3. The van der Waals surface area contributed by atoms with Crippen molar-refractivity contribution in [1.82, 2.24) is 40.1 Å². The van der Waals surface area contributed by atoms with Gasteiger partial charge in [-0.3, -0.25) is 19.4 Å². The first-order valence-corrected chi connectivity index (χ1v) is 20.7. The van der Waals surface area contributed by atoms with Crippen LogP contribution in [0.25, 0.3) is 44.8 Å². The number of benzene rings is 3. The molecule has 3 aliphatic rings. The zero-order valence-electron chi connectivity index (χ0n) is 34.5. The highest BCUT2D eigenvalue weighted by molar-refractivity contribution is 6.01. The Morgan fingerprint density at radius 2 is 1.52 bits per heavy atom. The summed E-state index contributed by atoms with van der Waals surface area (Å²) in [5.41, 5.74) is 9.71. The van der Waals surface area contributed by atoms with Crippen LogP contribution in [0.15, 0.2) is 79.3 Å². The van der Waals surface area contributed by atoms with Gasteiger partial charge in [-0.1, -0.05) is 62.4 Å². The first kappa shape index (κ1) is 39.6. The van der Waals surface area contributed by atoms with Gasteiger partial charge in [0.2, 0.25) is 11.8 Å². The molecule has 4 atom stereocenters. The van der Waals surface area contributed by atoms with Crippen LogP contribution < -0.4 is 10.2 Å². The van der Waals surface area contributed by atoms with Crippen LogP contribution in [0.3, 0.4) is 0 Å². The molecule has 15 heteroatoms. The summed E-state index contributed by atoms with van der Waals surface area (Å²) in [5.74, 6) is 0.193. The van der Waals surface area contributed by atoms with Crippen LogP contribution in [0, 0.1) is 11.8 Å². The number of imidazole rings is 2. The van der Waals surface area contributed by atoms with Gasteiger partial charge >= 0.3 is 12.1 Å². The van der Waals surface area contributed by atoms with Crippen LogP contribution in [0.5, 0.6) is 0 Å². The van der Waals surface area contributed by atoms with Gasteiger partial charge in [0.25, 0.3) is 0 Å². The lowest BCUT2D eigenvalue weighted by Gasteiger charge is -2.30. The second kappa shape index (κ2) is 16.3. The molecule has 1 saturated heterocycles. The molecule has 3 aromatic heterocycles. The van der Waals surface area contributed by atoms with Gasteiger partial charge in [0, 0.05) is 30.0 Å². The third-order valence-electron chi connectivity index (χ3n) is 12.3. The topological polar surface area (TPSA) is 188 Å². The first-order valence-electron chi connectivity index (χ1n) is 20.7. The molecule has 6 heterocycles. The Morgan fingerprint density at radius 3 is 2.26 bits per heavy atom. The van der Waals surface area contributed by atoms with Crippen molar-refractivity contribution in [2.24, 2.45) is 11.8 Å². The van der Waals surface area contributed by atoms with Gasteiger partial charge in [0.15, 0.2) is 0 Å². The van der Waals surface area contributed by atoms with E-state index < -0.39 is 18.1 Å². The maximum atomic E-state index is 14.0. The summed E-state index contributed by atoms with van der Waals surface area (Å²) in [5, 5.41) is 2.69. The monoisotopic (exact) mass is 821 g/mol. The van der Waals surface area contributed by atoms with Crippen LogP contribution >= 0.6 is 0 Å². The van der Waals surface area contributed by atoms with Crippen LogP contribution in [-0.4, -0.2) is 85.5 Å². The third-order valence-corrected chi connectivity index (χ3v) is 12.3. The van der Waals surface area contributed by atoms with Crippen LogP contribution in [0.1, 0.15) is 74.4 Å². The molecule has 6 aromatic rings. The molecule has 3 amide bonds. The Hall–Kier alpha value is -6.90. The van der Waals surface area contributed by atoms with Crippen molar-refractivity contribution in [3.8, 4) is 33.8 Å². The Bertz CT molecular complexity index is 2650. The fourth-order valence-electron chi connectivity index (χ4n) is 9.02. The van der Waals surface area contributed by atoms with Crippen molar-refractivity contribution < 1.29 is 28.7 Å². The van der Waals surface area contributed by atoms with E-state index in [-0.39, 0.29) is 42.2 Å². The van der Waals surface area contributed by atoms with Gasteiger partial charge in [-0.15, -0.1) is 0 Å². The second-order valence-corrected chi connectivity index (χ2v) is 16.3. The van der Waals surface area contributed by atoms with Gasteiger partial charge in [-0.05, 0) is 60.4 Å². The molecule has 9 rings (SSSR count). The summed E-state index contributed by atoms with van der Waals surface area (Å²) >= 11 is 0. The average Bonchev–Trinajstić information content (AvgIpc) is 4.11. The lowest BCUT2D eigenvalue weighted by Crippen LogP contribution is -2.51. The summed E-state index contributed by atoms with van der Waals surface area (Å²) < 4.78 is 9.69. The Labute approximate surface area is 352 Å². The SMILES string of the molecule is COC(=O)C[C@H]1CCc2cccc3c2N(C1=O)[C@H](c1ncc(-c2ccc4nc(-c5ccc(-c6cnc([C@@H]7CCCN7C(=O)[C@@H](NC(=O)OC)C(C)C)[nH]6)cc5)cnc4c2)[nH]1)C3. The molecule has 61 heavy (non-hydrogen) atoms. The number of methoxy groups -OCH3 is 2. The average molecular weight is 822 g/mol. The zero-order valence-corrected chi connectivity index (χ0v) is 34.5. The minimum atomic E-state index is -0.699. The number of para-hydroxylation sites is 1. The minimum Gasteiger partial charge on any atom is -0.469 e. The van der Waals surface area contributed by atoms with Gasteiger partial charge in [-0.25, -0.2) is 19.7 Å². The third kappa shape index (κ3) is 7.49. The fraction of sp³-hybridized carbons (Fsp3) is 0.348. The van der Waals surface area contributed by atoms with Crippen LogP contribution in [0.2, 0.25) is 0 Å². The van der Waals surface area contributed by atoms with Gasteiger partial charge in [0.1, 0.15) is 17.7 Å². The van der Waals surface area contributed by atoms with Crippen LogP contribution in [-0.2, 0) is 36.7 Å². The number of fused-ring (bicyclic) bond motifs is 1. The Morgan fingerprint density at radius 1 is 0.820 bits per heavy atom. The number of carbonyl (C=O) groups is 4. The predicted octanol–water partition coefficient (Wildman–Crippen LogP) is 6.88. The fourth-order valence-corrected chi connectivity index (χ4v) is 9.02. The highest BCUT2D eigenvalue weighted by atomic mass is 16.5. The van der Waals surface area contributed by atoms with Crippen molar-refractivity contribution in [1.29, 1.82) is 0 Å². The van der Waals surface area contributed by atoms with E-state index in [1.165, 1.54) is 14.2 Å². The number of nitrogens with zero attached hydrogens (tertiary/aromatic N) is 6. The number of esters is 1. The molecular formula is C46H47N9O6. The molecule has 0 bridgehead atoms. The lowest BCUT2D eigenvalue weighted by atomic mass is 9.95. The largest absolute Gasteiger partial charge is 0.469 e. The standard InChI is InChI=1S/C46H47N9O6/c1-25(2)40(53-46(59)61-4)45(58)54-18-6-9-37(54)42-48-23-35(51-42)27-12-10-26(11-13-27)34-22-47-33-19-29(16-17-32(33)50-34)36-24-49-43(52-36)38-20-30-8-5-7-28-14-15-31(21-39(56)60-3)44(57)55(38)41(28)30/h5,7-8,10-13,16-17,19,22-25,31,37-38,40H,6,9,14-15,18,20-21H2,1-4H3,(H,48,51)(H,49,52)(H,53,59)/t31-,37+,38+,40+/m1/s1. The molecule has 3 aromatic carbocycles. The number of aromatic amines is 2. The molecular weight excluding hydrogens is 775 g/mol. The normalized spacial score (nSPS) is 18.9. The number of anilines is 1. The number of nitrogens with one attached hydrogen (secondary N) is 3. The molecule has 0 saturated carbocycles. The summed E-state index contributed by atoms with van der Waals surface area (Å²) in [6, 6.07) is 18.8. The molecule has 0 spiro atoms. The van der Waals surface area contributed by atoms with E-state index >= 15 is 0 Å². The number of hydrogen-bond acceptors (Lipinski definition) is 10. The summed E-state index contributed by atoms with van der Waals surface area (Å²) in [6.07, 6.45) is 8.29. The molecule has 3 N–H and O–H groups in total. The van der Waals surface area contributed by atoms with Crippen molar-refractivity contribution in [2.45, 2.75) is 70.5 Å². The molecule has 15 nitrogen and oxygen atoms in total. The van der Waals surface area contributed by atoms with Crippen molar-refractivity contribution in [2.75, 3.05) is 25.7 Å². The van der Waals surface area contributed by atoms with E-state index in [0.717, 1.165) is 74.5 Å². The smallest absolute Gasteiger partial charge is 0.407 e. The van der Waals surface area contributed by atoms with E-state index in [4.69, 9.17) is 24.4 Å². The highest BCUT2D eigenvalue weighted by Gasteiger charge is 2.43. The van der Waals surface area contributed by atoms with Crippen molar-refractivity contribution in [3.63, 3.8) is 0 Å². The maximum Gasteiger partial charge on any atom is 0.407 e. The highest BCUT2D eigenvalue weighted by Crippen LogP contribution is 2.46. The van der Waals surface area contributed by atoms with Gasteiger partial charge in [-0.2, -0.15) is 0 Å². The van der Waals surface area contributed by atoms with E-state index in [1.807, 2.05) is 67.3 Å². The number of rotatable bonds is 10. The van der Waals surface area contributed by atoms with E-state index in [9.17, 15) is 19.2 Å².